The predicted molar refractivity (Wildman–Crippen MR) is 81.2 cm³/mol. The highest BCUT2D eigenvalue weighted by Gasteiger charge is 2.34. The first-order chi connectivity index (χ1) is 10.0. The number of benzene rings is 1. The average Bonchev–Trinajstić information content (AvgIpc) is 2.99. The maximum Gasteiger partial charge on any atom is 0.243 e. The summed E-state index contributed by atoms with van der Waals surface area (Å²) in [4.78, 5) is 2.50. The van der Waals surface area contributed by atoms with Crippen molar-refractivity contribution in [3.05, 3.63) is 29.8 Å². The molecule has 1 unspecified atom stereocenters. The normalized spacial score (nSPS) is 19.8. The molecule has 0 spiro atoms. The molecular weight excluding hydrogens is 286 g/mol. The van der Waals surface area contributed by atoms with Gasteiger partial charge < -0.3 is 0 Å². The van der Waals surface area contributed by atoms with Crippen LogP contribution in [0.3, 0.4) is 0 Å². The van der Waals surface area contributed by atoms with Crippen LogP contribution in [0.1, 0.15) is 25.8 Å². The van der Waals surface area contributed by atoms with Crippen LogP contribution in [0, 0.1) is 11.3 Å². The van der Waals surface area contributed by atoms with E-state index in [9.17, 15) is 8.42 Å². The predicted octanol–water partition coefficient (Wildman–Crippen LogP) is 1.66. The van der Waals surface area contributed by atoms with Gasteiger partial charge in [-0.1, -0.05) is 19.9 Å². The van der Waals surface area contributed by atoms with Crippen molar-refractivity contribution in [1.29, 1.82) is 5.26 Å². The van der Waals surface area contributed by atoms with Crippen molar-refractivity contribution in [1.82, 2.24) is 9.21 Å². The van der Waals surface area contributed by atoms with Gasteiger partial charge in [0.15, 0.2) is 0 Å². The van der Waals surface area contributed by atoms with Crippen molar-refractivity contribution < 1.29 is 8.42 Å². The van der Waals surface area contributed by atoms with Crippen molar-refractivity contribution in [3.8, 4) is 6.07 Å². The Morgan fingerprint density at radius 2 is 2.10 bits per heavy atom. The molecule has 1 heterocycles. The molecule has 1 aliphatic rings. The summed E-state index contributed by atoms with van der Waals surface area (Å²) < 4.78 is 26.8. The van der Waals surface area contributed by atoms with Crippen LogP contribution in [-0.4, -0.2) is 49.8 Å². The molecule has 1 aliphatic heterocycles. The molecule has 1 aromatic carbocycles. The molecule has 1 atom stereocenters. The lowest BCUT2D eigenvalue weighted by Crippen LogP contribution is -2.38. The molecule has 0 saturated carbocycles. The van der Waals surface area contributed by atoms with Gasteiger partial charge in [0.05, 0.1) is 16.5 Å². The molecule has 0 N–H and O–H groups in total. The number of hydrogen-bond donors (Lipinski definition) is 0. The van der Waals surface area contributed by atoms with Crippen LogP contribution < -0.4 is 0 Å². The summed E-state index contributed by atoms with van der Waals surface area (Å²) in [7, 11) is -3.50. The van der Waals surface area contributed by atoms with Crippen LogP contribution in [0.25, 0.3) is 0 Å². The maximum atomic E-state index is 12.6. The van der Waals surface area contributed by atoms with E-state index in [2.05, 4.69) is 18.7 Å². The van der Waals surface area contributed by atoms with Crippen molar-refractivity contribution in [2.75, 3.05) is 26.2 Å². The Morgan fingerprint density at radius 1 is 1.38 bits per heavy atom. The molecule has 0 aliphatic carbocycles. The van der Waals surface area contributed by atoms with E-state index < -0.39 is 10.0 Å². The summed E-state index contributed by atoms with van der Waals surface area (Å²) in [6.45, 7) is 7.12. The van der Waals surface area contributed by atoms with E-state index in [0.29, 0.717) is 18.7 Å². The minimum Gasteiger partial charge on any atom is -0.300 e. The molecule has 0 aromatic heterocycles. The van der Waals surface area contributed by atoms with Gasteiger partial charge >= 0.3 is 0 Å². The van der Waals surface area contributed by atoms with Crippen molar-refractivity contribution >= 4 is 10.0 Å². The van der Waals surface area contributed by atoms with E-state index in [1.807, 2.05) is 6.07 Å². The highest BCUT2D eigenvalue weighted by atomic mass is 32.2. The van der Waals surface area contributed by atoms with Crippen LogP contribution >= 0.6 is 0 Å². The number of likely N-dealkylation sites (N-methyl/N-ethyl adjacent to an activating group) is 1. The third-order valence-corrected chi connectivity index (χ3v) is 5.92. The number of nitrogens with zero attached hydrogens (tertiary/aromatic N) is 3. The quantitative estimate of drug-likeness (QED) is 0.830. The molecule has 6 heteroatoms. The van der Waals surface area contributed by atoms with E-state index in [0.717, 1.165) is 19.5 Å². The van der Waals surface area contributed by atoms with E-state index >= 15 is 0 Å². The van der Waals surface area contributed by atoms with Crippen LogP contribution in [-0.2, 0) is 10.0 Å². The monoisotopic (exact) mass is 307 g/mol. The number of sulfonamides is 1. The van der Waals surface area contributed by atoms with Gasteiger partial charge in [-0.15, -0.1) is 0 Å². The van der Waals surface area contributed by atoms with Gasteiger partial charge in [-0.05, 0) is 37.7 Å². The first-order valence-electron chi connectivity index (χ1n) is 7.27. The van der Waals surface area contributed by atoms with Crippen LogP contribution in [0.5, 0.6) is 0 Å². The van der Waals surface area contributed by atoms with Gasteiger partial charge in [-0.2, -0.15) is 9.57 Å². The summed E-state index contributed by atoms with van der Waals surface area (Å²) in [5.41, 5.74) is 0.371. The molecule has 1 aromatic rings. The van der Waals surface area contributed by atoms with Gasteiger partial charge in [-0.3, -0.25) is 4.90 Å². The van der Waals surface area contributed by atoms with Crippen LogP contribution in [0.4, 0.5) is 0 Å². The highest BCUT2D eigenvalue weighted by molar-refractivity contribution is 7.89. The van der Waals surface area contributed by atoms with Crippen molar-refractivity contribution in [2.45, 2.75) is 31.2 Å². The summed E-state index contributed by atoms with van der Waals surface area (Å²) >= 11 is 0. The molecule has 0 bridgehead atoms. The molecule has 114 valence electrons. The number of nitriles is 1. The first-order valence-corrected chi connectivity index (χ1v) is 8.71. The van der Waals surface area contributed by atoms with E-state index in [4.69, 9.17) is 5.26 Å². The van der Waals surface area contributed by atoms with E-state index in [-0.39, 0.29) is 10.9 Å². The molecule has 1 fully saturated rings. The third-order valence-electron chi connectivity index (χ3n) is 4.06. The first kappa shape index (κ1) is 16.0. The average molecular weight is 307 g/mol. The Kier molecular flexibility index (Phi) is 4.99. The zero-order valence-corrected chi connectivity index (χ0v) is 13.3. The Bertz CT molecular complexity index is 633. The fourth-order valence-corrected chi connectivity index (χ4v) is 4.38. The molecule has 2 rings (SSSR count). The summed E-state index contributed by atoms with van der Waals surface area (Å²) in [6, 6.07) is 8.50. The molecule has 1 saturated heterocycles. The van der Waals surface area contributed by atoms with Gasteiger partial charge in [-0.25, -0.2) is 8.42 Å². The lowest BCUT2D eigenvalue weighted by Gasteiger charge is -2.26. The second kappa shape index (κ2) is 6.56. The SMILES string of the molecule is CCN(CC)C1CCN(S(=O)(=O)c2cccc(C#N)c2)C1. The van der Waals surface area contributed by atoms with Gasteiger partial charge in [0, 0.05) is 19.1 Å². The van der Waals surface area contributed by atoms with Gasteiger partial charge in [0.25, 0.3) is 0 Å². The molecule has 0 radical (unpaired) electrons. The van der Waals surface area contributed by atoms with Crippen molar-refractivity contribution in [3.63, 3.8) is 0 Å². The van der Waals surface area contributed by atoms with Crippen LogP contribution in [0.15, 0.2) is 29.2 Å². The Balaban J connectivity index is 2.20. The zero-order chi connectivity index (χ0) is 15.5. The Labute approximate surface area is 126 Å². The van der Waals surface area contributed by atoms with E-state index in [1.165, 1.54) is 10.4 Å². The fourth-order valence-electron chi connectivity index (χ4n) is 2.84. The standard InChI is InChI=1S/C15H21N3O2S/c1-3-17(4-2)14-8-9-18(12-14)21(19,20)15-7-5-6-13(10-15)11-16/h5-7,10,14H,3-4,8-9,12H2,1-2H3. The highest BCUT2D eigenvalue weighted by Crippen LogP contribution is 2.24. The molecular formula is C15H21N3O2S. The number of rotatable bonds is 5. The lowest BCUT2D eigenvalue weighted by atomic mass is 10.2. The Morgan fingerprint density at radius 3 is 2.71 bits per heavy atom. The third kappa shape index (κ3) is 3.26. The summed E-state index contributed by atoms with van der Waals surface area (Å²) in [5.74, 6) is 0. The topological polar surface area (TPSA) is 64.4 Å². The van der Waals surface area contributed by atoms with Gasteiger partial charge in [0.2, 0.25) is 10.0 Å². The smallest absolute Gasteiger partial charge is 0.243 e. The minimum atomic E-state index is -3.50. The minimum absolute atomic E-state index is 0.210. The number of hydrogen-bond acceptors (Lipinski definition) is 4. The van der Waals surface area contributed by atoms with E-state index in [1.54, 1.807) is 18.2 Å². The fraction of sp³-hybridized carbons (Fsp3) is 0.533. The Hall–Kier alpha value is -1.42. The summed E-state index contributed by atoms with van der Waals surface area (Å²) in [5, 5.41) is 8.91. The lowest BCUT2D eigenvalue weighted by molar-refractivity contribution is 0.224. The van der Waals surface area contributed by atoms with Crippen molar-refractivity contribution in [2.24, 2.45) is 0 Å². The second-order valence-corrected chi connectivity index (χ2v) is 7.10. The maximum absolute atomic E-state index is 12.6. The molecule has 21 heavy (non-hydrogen) atoms. The largest absolute Gasteiger partial charge is 0.300 e. The zero-order valence-electron chi connectivity index (χ0n) is 12.5. The molecule has 5 nitrogen and oxygen atoms in total. The van der Waals surface area contributed by atoms with Gasteiger partial charge in [0.1, 0.15) is 0 Å². The summed E-state index contributed by atoms with van der Waals surface area (Å²) in [6.07, 6.45) is 0.860. The van der Waals surface area contributed by atoms with Crippen LogP contribution in [0.2, 0.25) is 0 Å². The molecule has 0 amide bonds. The second-order valence-electron chi connectivity index (χ2n) is 5.17.